The van der Waals surface area contributed by atoms with Crippen molar-refractivity contribution in [1.82, 2.24) is 16.2 Å². The van der Waals surface area contributed by atoms with Crippen LogP contribution in [0.25, 0.3) is 0 Å². The van der Waals surface area contributed by atoms with Crippen molar-refractivity contribution in [2.45, 2.75) is 32.4 Å². The van der Waals surface area contributed by atoms with Gasteiger partial charge in [-0.3, -0.25) is 15.6 Å². The first kappa shape index (κ1) is 16.5. The molecule has 1 aliphatic rings. The molecule has 6 heteroatoms. The number of benzene rings is 1. The maximum atomic E-state index is 12.4. The maximum Gasteiger partial charge on any atom is 0.328 e. The number of ether oxygens (including phenoxy) is 1. The van der Waals surface area contributed by atoms with Gasteiger partial charge in [-0.2, -0.15) is 0 Å². The molecule has 0 aromatic heterocycles. The van der Waals surface area contributed by atoms with Gasteiger partial charge < -0.3 is 10.1 Å². The van der Waals surface area contributed by atoms with Crippen LogP contribution in [0.5, 0.6) is 0 Å². The average molecular weight is 305 g/mol. The number of carbonyl (C=O) groups excluding carboxylic acids is 2. The SMILES string of the molecule is CCOC(=O)C(Cc1ccccc1)NC(=O)C1CNNC1C. The Bertz CT molecular complexity index is 507. The zero-order valence-corrected chi connectivity index (χ0v) is 13.0. The van der Waals surface area contributed by atoms with Crippen LogP contribution in [0, 0.1) is 5.92 Å². The summed E-state index contributed by atoms with van der Waals surface area (Å²) >= 11 is 0. The topological polar surface area (TPSA) is 79.5 Å². The summed E-state index contributed by atoms with van der Waals surface area (Å²) in [5.41, 5.74) is 6.94. The minimum Gasteiger partial charge on any atom is -0.464 e. The molecule has 0 spiro atoms. The molecule has 1 aliphatic heterocycles. The molecule has 3 atom stereocenters. The number of hydrogen-bond acceptors (Lipinski definition) is 5. The van der Waals surface area contributed by atoms with Crippen molar-refractivity contribution in [3.05, 3.63) is 35.9 Å². The Morgan fingerprint density at radius 3 is 2.68 bits per heavy atom. The second kappa shape index (κ2) is 7.91. The Hall–Kier alpha value is -1.92. The van der Waals surface area contributed by atoms with E-state index in [4.69, 9.17) is 4.74 Å². The molecule has 0 aliphatic carbocycles. The number of rotatable bonds is 6. The van der Waals surface area contributed by atoms with E-state index in [9.17, 15) is 9.59 Å². The molecule has 0 saturated carbocycles. The minimum absolute atomic E-state index is 0.0274. The lowest BCUT2D eigenvalue weighted by atomic mass is 10.0. The van der Waals surface area contributed by atoms with E-state index in [2.05, 4.69) is 16.2 Å². The number of hydrogen-bond donors (Lipinski definition) is 3. The van der Waals surface area contributed by atoms with Crippen LogP contribution in [-0.2, 0) is 20.7 Å². The van der Waals surface area contributed by atoms with Crippen molar-refractivity contribution >= 4 is 11.9 Å². The number of nitrogens with one attached hydrogen (secondary N) is 3. The Labute approximate surface area is 130 Å². The zero-order chi connectivity index (χ0) is 15.9. The molecule has 0 bridgehead atoms. The van der Waals surface area contributed by atoms with Crippen molar-refractivity contribution in [3.8, 4) is 0 Å². The van der Waals surface area contributed by atoms with Crippen LogP contribution in [0.4, 0.5) is 0 Å². The van der Waals surface area contributed by atoms with Gasteiger partial charge in [-0.1, -0.05) is 30.3 Å². The highest BCUT2D eigenvalue weighted by atomic mass is 16.5. The highest BCUT2D eigenvalue weighted by Gasteiger charge is 2.32. The largest absolute Gasteiger partial charge is 0.464 e. The molecule has 2 rings (SSSR count). The molecule has 1 fully saturated rings. The van der Waals surface area contributed by atoms with E-state index in [1.807, 2.05) is 37.3 Å². The Kier molecular flexibility index (Phi) is 5.91. The molecule has 0 radical (unpaired) electrons. The van der Waals surface area contributed by atoms with Crippen LogP contribution in [0.1, 0.15) is 19.4 Å². The van der Waals surface area contributed by atoms with E-state index in [-0.39, 0.29) is 17.9 Å². The van der Waals surface area contributed by atoms with E-state index in [0.717, 1.165) is 5.56 Å². The molecule has 1 aromatic carbocycles. The van der Waals surface area contributed by atoms with Gasteiger partial charge in [0.15, 0.2) is 0 Å². The summed E-state index contributed by atoms with van der Waals surface area (Å²) in [7, 11) is 0. The van der Waals surface area contributed by atoms with Crippen molar-refractivity contribution in [1.29, 1.82) is 0 Å². The smallest absolute Gasteiger partial charge is 0.328 e. The molecular weight excluding hydrogens is 282 g/mol. The third-order valence-electron chi connectivity index (χ3n) is 3.76. The maximum absolute atomic E-state index is 12.4. The third kappa shape index (κ3) is 4.29. The summed E-state index contributed by atoms with van der Waals surface area (Å²) in [5, 5.41) is 2.83. The molecule has 1 heterocycles. The normalized spacial score (nSPS) is 22.1. The zero-order valence-electron chi connectivity index (χ0n) is 13.0. The second-order valence-electron chi connectivity index (χ2n) is 5.42. The van der Waals surface area contributed by atoms with Crippen LogP contribution >= 0.6 is 0 Å². The van der Waals surface area contributed by atoms with Gasteiger partial charge in [-0.05, 0) is 19.4 Å². The molecule has 3 unspecified atom stereocenters. The fraction of sp³-hybridized carbons (Fsp3) is 0.500. The van der Waals surface area contributed by atoms with E-state index < -0.39 is 12.0 Å². The van der Waals surface area contributed by atoms with Crippen LogP contribution in [-0.4, -0.2) is 37.1 Å². The molecule has 1 saturated heterocycles. The summed E-state index contributed by atoms with van der Waals surface area (Å²) in [6.07, 6.45) is 0.424. The molecule has 6 nitrogen and oxygen atoms in total. The monoisotopic (exact) mass is 305 g/mol. The first-order valence-corrected chi connectivity index (χ1v) is 7.61. The van der Waals surface area contributed by atoms with Crippen LogP contribution in [0.3, 0.4) is 0 Å². The summed E-state index contributed by atoms with van der Waals surface area (Å²) in [6.45, 7) is 4.53. The van der Waals surface area contributed by atoms with Gasteiger partial charge >= 0.3 is 5.97 Å². The van der Waals surface area contributed by atoms with Gasteiger partial charge in [0.05, 0.1) is 12.5 Å². The van der Waals surface area contributed by atoms with Crippen LogP contribution in [0.15, 0.2) is 30.3 Å². The Balaban J connectivity index is 2.04. The molecule has 22 heavy (non-hydrogen) atoms. The van der Waals surface area contributed by atoms with Crippen molar-refractivity contribution in [2.24, 2.45) is 5.92 Å². The van der Waals surface area contributed by atoms with Gasteiger partial charge in [-0.15, -0.1) is 0 Å². The summed E-state index contributed by atoms with van der Waals surface area (Å²) in [4.78, 5) is 24.5. The van der Waals surface area contributed by atoms with Gasteiger partial charge in [0.25, 0.3) is 0 Å². The molecule has 120 valence electrons. The minimum atomic E-state index is -0.664. The average Bonchev–Trinajstić information content (AvgIpc) is 2.94. The first-order valence-electron chi connectivity index (χ1n) is 7.61. The Morgan fingerprint density at radius 2 is 2.09 bits per heavy atom. The predicted molar refractivity (Wildman–Crippen MR) is 82.8 cm³/mol. The highest BCUT2D eigenvalue weighted by Crippen LogP contribution is 2.10. The predicted octanol–water partition coefficient (Wildman–Crippen LogP) is 0.390. The number of carbonyl (C=O) groups is 2. The highest BCUT2D eigenvalue weighted by molar-refractivity contribution is 5.86. The van der Waals surface area contributed by atoms with E-state index in [1.165, 1.54) is 0 Å². The summed E-state index contributed by atoms with van der Waals surface area (Å²) in [5.74, 6) is -0.738. The van der Waals surface area contributed by atoms with Gasteiger partial charge in [0, 0.05) is 19.0 Å². The van der Waals surface area contributed by atoms with Gasteiger partial charge in [0.2, 0.25) is 5.91 Å². The number of esters is 1. The van der Waals surface area contributed by atoms with E-state index in [0.29, 0.717) is 19.6 Å². The van der Waals surface area contributed by atoms with E-state index >= 15 is 0 Å². The molecule has 1 amide bonds. The fourth-order valence-corrected chi connectivity index (χ4v) is 2.49. The first-order chi connectivity index (χ1) is 10.6. The third-order valence-corrected chi connectivity index (χ3v) is 3.76. The molecule has 3 N–H and O–H groups in total. The van der Waals surface area contributed by atoms with Gasteiger partial charge in [0.1, 0.15) is 6.04 Å². The van der Waals surface area contributed by atoms with Crippen LogP contribution < -0.4 is 16.2 Å². The molecular formula is C16H23N3O3. The number of amides is 1. The lowest BCUT2D eigenvalue weighted by Crippen LogP contribution is -2.48. The summed E-state index contributed by atoms with van der Waals surface area (Å²) in [6, 6.07) is 8.96. The molecule has 1 aromatic rings. The summed E-state index contributed by atoms with van der Waals surface area (Å²) < 4.78 is 5.08. The van der Waals surface area contributed by atoms with Crippen molar-refractivity contribution < 1.29 is 14.3 Å². The lowest BCUT2D eigenvalue weighted by molar-refractivity contribution is -0.147. The van der Waals surface area contributed by atoms with Crippen molar-refractivity contribution in [2.75, 3.05) is 13.2 Å². The standard InChI is InChI=1S/C16H23N3O3/c1-3-22-16(21)14(9-12-7-5-4-6-8-12)18-15(20)13-10-17-19-11(13)2/h4-8,11,13-14,17,19H,3,9-10H2,1-2H3,(H,18,20). The van der Waals surface area contributed by atoms with Gasteiger partial charge in [-0.25, -0.2) is 4.79 Å². The van der Waals surface area contributed by atoms with E-state index in [1.54, 1.807) is 6.92 Å². The second-order valence-corrected chi connectivity index (χ2v) is 5.42. The lowest BCUT2D eigenvalue weighted by Gasteiger charge is -2.20. The van der Waals surface area contributed by atoms with Crippen LogP contribution in [0.2, 0.25) is 0 Å². The number of hydrazine groups is 1. The quantitative estimate of drug-likeness (QED) is 0.663. The van der Waals surface area contributed by atoms with Crippen molar-refractivity contribution in [3.63, 3.8) is 0 Å². The Morgan fingerprint density at radius 1 is 1.36 bits per heavy atom. The fourth-order valence-electron chi connectivity index (χ4n) is 2.49.